The van der Waals surface area contributed by atoms with Crippen molar-refractivity contribution in [3.8, 4) is 0 Å². The van der Waals surface area contributed by atoms with Crippen LogP contribution in [0.1, 0.15) is 13.8 Å². The molecule has 0 saturated carbocycles. The van der Waals surface area contributed by atoms with Gasteiger partial charge in [-0.1, -0.05) is 13.8 Å². The zero-order chi connectivity index (χ0) is 9.72. The number of rotatable bonds is 0. The number of hydrogen-bond acceptors (Lipinski definition) is 2. The van der Waals surface area contributed by atoms with Gasteiger partial charge in [0.1, 0.15) is 0 Å². The molecule has 0 aliphatic rings. The van der Waals surface area contributed by atoms with Crippen LogP contribution in [-0.2, 0) is 14.1 Å². The normalized spacial score (nSPS) is 8.67. The van der Waals surface area contributed by atoms with Crippen LogP contribution in [0.3, 0.4) is 0 Å². The minimum Gasteiger partial charge on any atom is -0.328 e. The summed E-state index contributed by atoms with van der Waals surface area (Å²) in [4.78, 5) is 10.9. The summed E-state index contributed by atoms with van der Waals surface area (Å²) in [5, 5.41) is 0. The lowest BCUT2D eigenvalue weighted by Gasteiger charge is -2.00. The fourth-order valence-corrected chi connectivity index (χ4v) is 0.833. The smallest absolute Gasteiger partial charge is 0.253 e. The summed E-state index contributed by atoms with van der Waals surface area (Å²) in [7, 11) is 3.46. The minimum atomic E-state index is -0.0666. The first kappa shape index (κ1) is 11.1. The molecule has 0 aromatic carbocycles. The topological polar surface area (TPSA) is 26.9 Å². The molecule has 0 bridgehead atoms. The van der Waals surface area contributed by atoms with E-state index in [1.54, 1.807) is 17.8 Å². The Morgan fingerprint density at radius 2 is 1.83 bits per heavy atom. The molecule has 0 aliphatic carbocycles. The average molecular weight is 186 g/mol. The monoisotopic (exact) mass is 186 g/mol. The van der Waals surface area contributed by atoms with Crippen molar-refractivity contribution in [1.82, 2.24) is 9.13 Å². The van der Waals surface area contributed by atoms with E-state index in [0.717, 1.165) is 0 Å². The lowest BCUT2D eigenvalue weighted by atomic mass is 10.6. The van der Waals surface area contributed by atoms with Crippen LogP contribution in [0.4, 0.5) is 0 Å². The molecule has 0 fully saturated rings. The van der Waals surface area contributed by atoms with E-state index in [1.165, 1.54) is 10.6 Å². The van der Waals surface area contributed by atoms with Gasteiger partial charge in [0, 0.05) is 26.4 Å². The quantitative estimate of drug-likeness (QED) is 0.574. The fraction of sp³-hybridized carbons (Fsp3) is 0.500. The molecule has 12 heavy (non-hydrogen) atoms. The van der Waals surface area contributed by atoms with Crippen LogP contribution in [-0.4, -0.2) is 9.13 Å². The highest BCUT2D eigenvalue weighted by Gasteiger charge is 1.90. The highest BCUT2D eigenvalue weighted by molar-refractivity contribution is 7.71. The Morgan fingerprint density at radius 1 is 1.33 bits per heavy atom. The van der Waals surface area contributed by atoms with E-state index in [2.05, 4.69) is 0 Å². The molecule has 0 atom stereocenters. The number of hydrogen-bond donors (Lipinski definition) is 0. The summed E-state index contributed by atoms with van der Waals surface area (Å²) in [5.74, 6) is 0. The lowest BCUT2D eigenvalue weighted by molar-refractivity contribution is 0.717. The highest BCUT2D eigenvalue weighted by atomic mass is 32.1. The maximum Gasteiger partial charge on any atom is 0.253 e. The molecule has 0 saturated heterocycles. The van der Waals surface area contributed by atoms with Crippen molar-refractivity contribution in [3.05, 3.63) is 27.4 Å². The van der Waals surface area contributed by atoms with Gasteiger partial charge in [0.2, 0.25) is 0 Å². The van der Waals surface area contributed by atoms with E-state index in [-0.39, 0.29) is 5.56 Å². The molecule has 1 aromatic heterocycles. The molecule has 1 heterocycles. The average Bonchev–Trinajstić information content (AvgIpc) is 2.12. The van der Waals surface area contributed by atoms with E-state index in [4.69, 9.17) is 12.2 Å². The Kier molecular flexibility index (Phi) is 4.51. The molecule has 68 valence electrons. The van der Waals surface area contributed by atoms with Gasteiger partial charge in [-0.2, -0.15) is 0 Å². The lowest BCUT2D eigenvalue weighted by Crippen LogP contribution is -2.19. The second-order valence-corrected chi connectivity index (χ2v) is 2.47. The van der Waals surface area contributed by atoms with Crippen LogP contribution in [0.15, 0.2) is 17.1 Å². The van der Waals surface area contributed by atoms with Gasteiger partial charge in [-0.25, -0.2) is 0 Å². The second kappa shape index (κ2) is 4.87. The van der Waals surface area contributed by atoms with Gasteiger partial charge in [-0.05, 0) is 12.2 Å². The van der Waals surface area contributed by atoms with Gasteiger partial charge in [0.25, 0.3) is 5.56 Å². The first-order valence-corrected chi connectivity index (χ1v) is 4.26. The van der Waals surface area contributed by atoms with Crippen molar-refractivity contribution in [2.45, 2.75) is 13.8 Å². The molecule has 1 aromatic rings. The summed E-state index contributed by atoms with van der Waals surface area (Å²) < 4.78 is 3.68. The molecule has 0 spiro atoms. The predicted molar refractivity (Wildman–Crippen MR) is 52.8 cm³/mol. The van der Waals surface area contributed by atoms with E-state index in [0.29, 0.717) is 4.77 Å². The predicted octanol–water partition coefficient (Wildman–Crippen LogP) is 1.48. The van der Waals surface area contributed by atoms with E-state index < -0.39 is 0 Å². The molecule has 3 nitrogen and oxygen atoms in total. The third-order valence-corrected chi connectivity index (χ3v) is 1.92. The summed E-state index contributed by atoms with van der Waals surface area (Å²) in [6.45, 7) is 4.00. The second-order valence-electron chi connectivity index (χ2n) is 2.11. The Balaban J connectivity index is 0.000000561. The maximum atomic E-state index is 10.9. The molecule has 1 rings (SSSR count). The molecule has 0 N–H and O–H groups in total. The SMILES string of the molecule is CC.Cn1ccc(=O)n(C)c1=S. The van der Waals surface area contributed by atoms with Crippen LogP contribution in [0.25, 0.3) is 0 Å². The first-order chi connectivity index (χ1) is 5.63. The van der Waals surface area contributed by atoms with Crippen LogP contribution in [0, 0.1) is 4.77 Å². The molecule has 0 unspecified atom stereocenters. The summed E-state index contributed by atoms with van der Waals surface area (Å²) in [6.07, 6.45) is 1.66. The summed E-state index contributed by atoms with van der Waals surface area (Å²) in [5.41, 5.74) is -0.0666. The van der Waals surface area contributed by atoms with Gasteiger partial charge < -0.3 is 4.57 Å². The van der Waals surface area contributed by atoms with Crippen molar-refractivity contribution >= 4 is 12.2 Å². The van der Waals surface area contributed by atoms with Gasteiger partial charge in [0.05, 0.1) is 0 Å². The van der Waals surface area contributed by atoms with E-state index >= 15 is 0 Å². The summed E-state index contributed by atoms with van der Waals surface area (Å²) in [6, 6.07) is 1.48. The zero-order valence-electron chi connectivity index (χ0n) is 7.87. The highest BCUT2D eigenvalue weighted by Crippen LogP contribution is 1.82. The van der Waals surface area contributed by atoms with Gasteiger partial charge >= 0.3 is 0 Å². The minimum absolute atomic E-state index is 0.0666. The zero-order valence-corrected chi connectivity index (χ0v) is 8.68. The first-order valence-electron chi connectivity index (χ1n) is 3.85. The number of aryl methyl sites for hydroxylation is 1. The van der Waals surface area contributed by atoms with E-state index in [1.807, 2.05) is 20.9 Å². The van der Waals surface area contributed by atoms with Crippen molar-refractivity contribution < 1.29 is 0 Å². The Morgan fingerprint density at radius 3 is 2.25 bits per heavy atom. The van der Waals surface area contributed by atoms with Crippen LogP contribution >= 0.6 is 12.2 Å². The third kappa shape index (κ3) is 2.30. The van der Waals surface area contributed by atoms with Gasteiger partial charge in [-0.3, -0.25) is 9.36 Å². The fourth-order valence-electron chi connectivity index (χ4n) is 0.682. The van der Waals surface area contributed by atoms with E-state index in [9.17, 15) is 4.79 Å². The van der Waals surface area contributed by atoms with Crippen molar-refractivity contribution in [3.63, 3.8) is 0 Å². The number of nitrogens with zero attached hydrogens (tertiary/aromatic N) is 2. The molecular weight excluding hydrogens is 172 g/mol. The summed E-state index contributed by atoms with van der Waals surface area (Å²) >= 11 is 4.91. The molecular formula is C8H14N2OS. The molecule has 0 amide bonds. The van der Waals surface area contributed by atoms with Crippen molar-refractivity contribution in [2.75, 3.05) is 0 Å². The largest absolute Gasteiger partial charge is 0.328 e. The van der Waals surface area contributed by atoms with Crippen LogP contribution in [0.5, 0.6) is 0 Å². The van der Waals surface area contributed by atoms with Crippen molar-refractivity contribution in [1.29, 1.82) is 0 Å². The molecule has 4 heteroatoms. The number of aromatic nitrogens is 2. The van der Waals surface area contributed by atoms with Crippen LogP contribution in [0.2, 0.25) is 0 Å². The Labute approximate surface area is 77.3 Å². The maximum absolute atomic E-state index is 10.9. The molecule has 0 radical (unpaired) electrons. The molecule has 0 aliphatic heterocycles. The van der Waals surface area contributed by atoms with Crippen LogP contribution < -0.4 is 5.56 Å². The van der Waals surface area contributed by atoms with Gasteiger partial charge in [0.15, 0.2) is 4.77 Å². The Bertz CT molecular complexity index is 351. The Hall–Kier alpha value is -0.900. The van der Waals surface area contributed by atoms with Gasteiger partial charge in [-0.15, -0.1) is 0 Å². The third-order valence-electron chi connectivity index (χ3n) is 1.36. The standard InChI is InChI=1S/C6H8N2OS.C2H6/c1-7-4-3-5(9)8(2)6(7)10;1-2/h3-4H,1-2H3;1-2H3. The van der Waals surface area contributed by atoms with Crippen molar-refractivity contribution in [2.24, 2.45) is 14.1 Å².